The quantitative estimate of drug-likeness (QED) is 0.449. The van der Waals surface area contributed by atoms with Crippen molar-refractivity contribution in [2.45, 2.75) is 26.8 Å². The monoisotopic (exact) mass is 414 g/mol. The fourth-order valence-corrected chi connectivity index (χ4v) is 3.67. The first kappa shape index (κ1) is 20.6. The van der Waals surface area contributed by atoms with Crippen molar-refractivity contribution in [3.63, 3.8) is 0 Å². The highest BCUT2D eigenvalue weighted by molar-refractivity contribution is 5.92. The summed E-state index contributed by atoms with van der Waals surface area (Å²) in [6.45, 7) is 6.06. The summed E-state index contributed by atoms with van der Waals surface area (Å²) in [4.78, 5) is 13.6. The second kappa shape index (κ2) is 8.60. The maximum atomic E-state index is 5.48. The first-order chi connectivity index (χ1) is 15.0. The molecular weight excluding hydrogens is 388 g/mol. The number of fused-ring (bicyclic) bond motifs is 1. The SMILES string of the molecule is COc1cc2nc(C)nc(N[C@H](C)c3cccc(-c4cncc(C)c4)c3)c2cc1OC. The lowest BCUT2D eigenvalue weighted by atomic mass is 10.0. The average Bonchev–Trinajstić information content (AvgIpc) is 2.78. The van der Waals surface area contributed by atoms with Gasteiger partial charge in [0.2, 0.25) is 0 Å². The predicted molar refractivity (Wildman–Crippen MR) is 124 cm³/mol. The zero-order chi connectivity index (χ0) is 22.0. The highest BCUT2D eigenvalue weighted by Gasteiger charge is 2.15. The number of methoxy groups -OCH3 is 2. The second-order valence-electron chi connectivity index (χ2n) is 7.59. The van der Waals surface area contributed by atoms with E-state index in [-0.39, 0.29) is 6.04 Å². The van der Waals surface area contributed by atoms with E-state index in [0.29, 0.717) is 17.3 Å². The highest BCUT2D eigenvalue weighted by atomic mass is 16.5. The Morgan fingerprint density at radius 3 is 2.39 bits per heavy atom. The van der Waals surface area contributed by atoms with Crippen LogP contribution in [-0.4, -0.2) is 29.2 Å². The Hall–Kier alpha value is -3.67. The molecule has 6 nitrogen and oxygen atoms in total. The van der Waals surface area contributed by atoms with E-state index in [1.54, 1.807) is 14.2 Å². The summed E-state index contributed by atoms with van der Waals surface area (Å²) < 4.78 is 10.9. The maximum absolute atomic E-state index is 5.48. The largest absolute Gasteiger partial charge is 0.493 e. The molecule has 2 aromatic carbocycles. The van der Waals surface area contributed by atoms with Gasteiger partial charge in [0.1, 0.15) is 11.6 Å². The molecule has 0 saturated heterocycles. The molecule has 6 heteroatoms. The Bertz CT molecular complexity index is 1240. The van der Waals surface area contributed by atoms with E-state index in [0.717, 1.165) is 39.0 Å². The van der Waals surface area contributed by atoms with Crippen LogP contribution in [0.5, 0.6) is 11.5 Å². The van der Waals surface area contributed by atoms with Gasteiger partial charge in [0.15, 0.2) is 11.5 Å². The number of rotatable bonds is 6. The third-order valence-electron chi connectivity index (χ3n) is 5.26. The standard InChI is InChI=1S/C25H26N4O2/c1-15-9-20(14-26-13-15)19-8-6-7-18(10-19)16(2)27-25-21-11-23(30-4)24(31-5)12-22(21)28-17(3)29-25/h6-14,16H,1-5H3,(H,27,28,29)/t16-/m1/s1. The Morgan fingerprint density at radius 2 is 1.65 bits per heavy atom. The van der Waals surface area contributed by atoms with Gasteiger partial charge in [0, 0.05) is 35.5 Å². The van der Waals surface area contributed by atoms with Gasteiger partial charge in [-0.3, -0.25) is 4.98 Å². The van der Waals surface area contributed by atoms with Crippen LogP contribution >= 0.6 is 0 Å². The number of hydrogen-bond acceptors (Lipinski definition) is 6. The number of hydrogen-bond donors (Lipinski definition) is 1. The molecule has 0 aliphatic heterocycles. The summed E-state index contributed by atoms with van der Waals surface area (Å²) in [5, 5.41) is 4.44. The van der Waals surface area contributed by atoms with Gasteiger partial charge in [-0.25, -0.2) is 9.97 Å². The molecule has 0 aliphatic rings. The number of aryl methyl sites for hydroxylation is 2. The average molecular weight is 415 g/mol. The predicted octanol–water partition coefficient (Wildman–Crippen LogP) is 5.50. The van der Waals surface area contributed by atoms with Gasteiger partial charge in [0.05, 0.1) is 19.7 Å². The van der Waals surface area contributed by atoms with Crippen LogP contribution in [0, 0.1) is 13.8 Å². The van der Waals surface area contributed by atoms with E-state index in [9.17, 15) is 0 Å². The third kappa shape index (κ3) is 4.28. The lowest BCUT2D eigenvalue weighted by Gasteiger charge is -2.18. The van der Waals surface area contributed by atoms with Crippen molar-refractivity contribution in [1.29, 1.82) is 0 Å². The van der Waals surface area contributed by atoms with Crippen LogP contribution in [0.15, 0.2) is 54.9 Å². The lowest BCUT2D eigenvalue weighted by molar-refractivity contribution is 0.356. The van der Waals surface area contributed by atoms with Crippen LogP contribution in [0.4, 0.5) is 5.82 Å². The minimum Gasteiger partial charge on any atom is -0.493 e. The molecule has 1 N–H and O–H groups in total. The van der Waals surface area contributed by atoms with Crippen LogP contribution in [0.3, 0.4) is 0 Å². The molecule has 0 radical (unpaired) electrons. The molecular formula is C25H26N4O2. The molecule has 2 aromatic heterocycles. The molecule has 0 spiro atoms. The second-order valence-corrected chi connectivity index (χ2v) is 7.59. The summed E-state index contributed by atoms with van der Waals surface area (Å²) in [7, 11) is 3.25. The number of nitrogens with zero attached hydrogens (tertiary/aromatic N) is 3. The molecule has 0 fully saturated rings. The van der Waals surface area contributed by atoms with Gasteiger partial charge in [-0.2, -0.15) is 0 Å². The Balaban J connectivity index is 1.70. The van der Waals surface area contributed by atoms with Crippen LogP contribution in [0.1, 0.15) is 29.9 Å². The van der Waals surface area contributed by atoms with Crippen molar-refractivity contribution in [3.05, 3.63) is 71.8 Å². The van der Waals surface area contributed by atoms with E-state index >= 15 is 0 Å². The van der Waals surface area contributed by atoms with Gasteiger partial charge >= 0.3 is 0 Å². The molecule has 4 rings (SSSR count). The molecule has 31 heavy (non-hydrogen) atoms. The van der Waals surface area contributed by atoms with Crippen molar-refractivity contribution >= 4 is 16.7 Å². The summed E-state index contributed by atoms with van der Waals surface area (Å²) in [5.74, 6) is 2.74. The van der Waals surface area contributed by atoms with Gasteiger partial charge in [-0.15, -0.1) is 0 Å². The molecule has 0 saturated carbocycles. The van der Waals surface area contributed by atoms with Crippen molar-refractivity contribution < 1.29 is 9.47 Å². The van der Waals surface area contributed by atoms with Gasteiger partial charge in [-0.05, 0) is 55.7 Å². The molecule has 0 amide bonds. The third-order valence-corrected chi connectivity index (χ3v) is 5.26. The zero-order valence-electron chi connectivity index (χ0n) is 18.4. The van der Waals surface area contributed by atoms with Crippen LogP contribution in [0.2, 0.25) is 0 Å². The number of anilines is 1. The fraction of sp³-hybridized carbons (Fsp3) is 0.240. The molecule has 158 valence electrons. The van der Waals surface area contributed by atoms with Gasteiger partial charge in [0.25, 0.3) is 0 Å². The molecule has 4 aromatic rings. The van der Waals surface area contributed by atoms with E-state index in [4.69, 9.17) is 9.47 Å². The maximum Gasteiger partial charge on any atom is 0.162 e. The Labute approximate surface area is 182 Å². The zero-order valence-corrected chi connectivity index (χ0v) is 18.4. The fourth-order valence-electron chi connectivity index (χ4n) is 3.67. The van der Waals surface area contributed by atoms with E-state index in [1.165, 1.54) is 0 Å². The number of nitrogens with one attached hydrogen (secondary N) is 1. The summed E-state index contributed by atoms with van der Waals surface area (Å²) in [6, 6.07) is 14.4. The van der Waals surface area contributed by atoms with E-state index in [2.05, 4.69) is 64.4 Å². The van der Waals surface area contributed by atoms with Crippen molar-refractivity contribution in [2.24, 2.45) is 0 Å². The number of ether oxygens (including phenoxy) is 2. The van der Waals surface area contributed by atoms with E-state index in [1.807, 2.05) is 31.5 Å². The molecule has 0 bridgehead atoms. The van der Waals surface area contributed by atoms with Crippen molar-refractivity contribution in [2.75, 3.05) is 19.5 Å². The molecule has 2 heterocycles. The van der Waals surface area contributed by atoms with Gasteiger partial charge in [-0.1, -0.05) is 18.2 Å². The van der Waals surface area contributed by atoms with Crippen LogP contribution in [0.25, 0.3) is 22.0 Å². The number of pyridine rings is 1. The number of aromatic nitrogens is 3. The molecule has 0 aliphatic carbocycles. The minimum absolute atomic E-state index is 0.0308. The number of benzene rings is 2. The highest BCUT2D eigenvalue weighted by Crippen LogP contribution is 2.35. The Morgan fingerprint density at radius 1 is 0.871 bits per heavy atom. The van der Waals surface area contributed by atoms with Crippen molar-refractivity contribution in [1.82, 2.24) is 15.0 Å². The van der Waals surface area contributed by atoms with Crippen molar-refractivity contribution in [3.8, 4) is 22.6 Å². The normalized spacial score (nSPS) is 11.9. The topological polar surface area (TPSA) is 69.2 Å². The summed E-state index contributed by atoms with van der Waals surface area (Å²) in [5.41, 5.74) is 5.34. The van der Waals surface area contributed by atoms with E-state index < -0.39 is 0 Å². The first-order valence-corrected chi connectivity index (χ1v) is 10.2. The summed E-state index contributed by atoms with van der Waals surface area (Å²) in [6.07, 6.45) is 3.76. The Kier molecular flexibility index (Phi) is 5.71. The van der Waals surface area contributed by atoms with Gasteiger partial charge < -0.3 is 14.8 Å². The summed E-state index contributed by atoms with van der Waals surface area (Å²) >= 11 is 0. The molecule has 0 unspecified atom stereocenters. The minimum atomic E-state index is 0.0308. The van der Waals surface area contributed by atoms with Crippen LogP contribution < -0.4 is 14.8 Å². The smallest absolute Gasteiger partial charge is 0.162 e. The first-order valence-electron chi connectivity index (χ1n) is 10.2. The molecule has 1 atom stereocenters. The lowest BCUT2D eigenvalue weighted by Crippen LogP contribution is -2.10. The van der Waals surface area contributed by atoms with Crippen LogP contribution in [-0.2, 0) is 0 Å².